The van der Waals surface area contributed by atoms with Crippen LogP contribution in [0.15, 0.2) is 48.5 Å². The van der Waals surface area contributed by atoms with Crippen LogP contribution in [0.25, 0.3) is 0 Å². The SMILES string of the molecule is Cc1ccc(NC(=O)[C@H](Br)[C@@H](Br)c2ccccc2)cc1Cl. The summed E-state index contributed by atoms with van der Waals surface area (Å²) >= 11 is 13.1. The van der Waals surface area contributed by atoms with Gasteiger partial charge in [-0.2, -0.15) is 0 Å². The third-order valence-electron chi connectivity index (χ3n) is 3.06. The first-order valence-corrected chi connectivity index (χ1v) is 8.60. The Hall–Kier alpha value is -0.840. The van der Waals surface area contributed by atoms with Crippen molar-refractivity contribution < 1.29 is 4.79 Å². The van der Waals surface area contributed by atoms with Gasteiger partial charge >= 0.3 is 0 Å². The zero-order valence-electron chi connectivity index (χ0n) is 11.3. The molecule has 0 unspecified atom stereocenters. The van der Waals surface area contributed by atoms with E-state index in [2.05, 4.69) is 37.2 Å². The summed E-state index contributed by atoms with van der Waals surface area (Å²) in [6, 6.07) is 15.3. The molecule has 2 aromatic carbocycles. The van der Waals surface area contributed by atoms with Gasteiger partial charge in [-0.05, 0) is 30.2 Å². The Morgan fingerprint density at radius 3 is 2.43 bits per heavy atom. The number of benzene rings is 2. The zero-order chi connectivity index (χ0) is 15.4. The highest BCUT2D eigenvalue weighted by Gasteiger charge is 2.25. The molecule has 21 heavy (non-hydrogen) atoms. The molecule has 0 aromatic heterocycles. The van der Waals surface area contributed by atoms with Crippen LogP contribution in [-0.2, 0) is 4.79 Å². The quantitative estimate of drug-likeness (QED) is 0.638. The lowest BCUT2D eigenvalue weighted by Gasteiger charge is -2.17. The highest BCUT2D eigenvalue weighted by Crippen LogP contribution is 2.32. The summed E-state index contributed by atoms with van der Waals surface area (Å²) in [6.07, 6.45) is 0. The van der Waals surface area contributed by atoms with Crippen molar-refractivity contribution in [2.24, 2.45) is 0 Å². The van der Waals surface area contributed by atoms with E-state index in [9.17, 15) is 4.79 Å². The van der Waals surface area contributed by atoms with E-state index < -0.39 is 0 Å². The Morgan fingerprint density at radius 2 is 1.81 bits per heavy atom. The largest absolute Gasteiger partial charge is 0.325 e. The molecule has 2 atom stereocenters. The monoisotopic (exact) mass is 429 g/mol. The topological polar surface area (TPSA) is 29.1 Å². The number of anilines is 1. The van der Waals surface area contributed by atoms with Crippen LogP contribution in [0.1, 0.15) is 16.0 Å². The van der Waals surface area contributed by atoms with Gasteiger partial charge in [0.05, 0.1) is 4.83 Å². The number of rotatable bonds is 4. The van der Waals surface area contributed by atoms with Gasteiger partial charge in [-0.3, -0.25) is 4.79 Å². The van der Waals surface area contributed by atoms with E-state index in [0.717, 1.165) is 11.1 Å². The van der Waals surface area contributed by atoms with Gasteiger partial charge in [0.15, 0.2) is 0 Å². The van der Waals surface area contributed by atoms with E-state index >= 15 is 0 Å². The van der Waals surface area contributed by atoms with Crippen LogP contribution in [0, 0.1) is 6.92 Å². The Bertz CT molecular complexity index is 633. The van der Waals surface area contributed by atoms with Gasteiger partial charge in [-0.15, -0.1) is 0 Å². The van der Waals surface area contributed by atoms with Gasteiger partial charge in [0.25, 0.3) is 0 Å². The van der Waals surface area contributed by atoms with Crippen molar-refractivity contribution in [2.75, 3.05) is 5.32 Å². The van der Waals surface area contributed by atoms with Crippen molar-refractivity contribution in [1.82, 2.24) is 0 Å². The lowest BCUT2D eigenvalue weighted by molar-refractivity contribution is -0.115. The van der Waals surface area contributed by atoms with Gasteiger partial charge in [0.1, 0.15) is 4.83 Å². The number of carbonyl (C=O) groups excluding carboxylic acids is 1. The van der Waals surface area contributed by atoms with E-state index in [1.807, 2.05) is 49.4 Å². The molecule has 110 valence electrons. The Morgan fingerprint density at radius 1 is 1.14 bits per heavy atom. The van der Waals surface area contributed by atoms with E-state index in [1.54, 1.807) is 6.07 Å². The number of nitrogens with one attached hydrogen (secondary N) is 1. The molecule has 1 amide bonds. The molecule has 0 saturated heterocycles. The van der Waals surface area contributed by atoms with Crippen LogP contribution >= 0.6 is 43.5 Å². The third kappa shape index (κ3) is 4.31. The summed E-state index contributed by atoms with van der Waals surface area (Å²) in [5.41, 5.74) is 2.71. The average Bonchev–Trinajstić information content (AvgIpc) is 2.50. The highest BCUT2D eigenvalue weighted by molar-refractivity contribution is 9.12. The Labute approximate surface area is 146 Å². The predicted molar refractivity (Wildman–Crippen MR) is 95.6 cm³/mol. The Kier molecular flexibility index (Phi) is 5.85. The van der Waals surface area contributed by atoms with Crippen LogP contribution in [0.4, 0.5) is 5.69 Å². The van der Waals surface area contributed by atoms with Crippen molar-refractivity contribution in [3.05, 3.63) is 64.7 Å². The van der Waals surface area contributed by atoms with E-state index in [-0.39, 0.29) is 15.6 Å². The molecular weight excluding hydrogens is 417 g/mol. The van der Waals surface area contributed by atoms with Crippen molar-refractivity contribution in [3.8, 4) is 0 Å². The standard InChI is InChI=1S/C16H14Br2ClNO/c1-10-7-8-12(9-13(10)19)20-16(21)15(18)14(17)11-5-3-2-4-6-11/h2-9,14-15H,1H3,(H,20,21)/t14-,15+/m0/s1. The molecule has 0 aliphatic carbocycles. The first-order valence-electron chi connectivity index (χ1n) is 6.39. The summed E-state index contributed by atoms with van der Waals surface area (Å²) in [5.74, 6) is -0.124. The fourth-order valence-electron chi connectivity index (χ4n) is 1.82. The molecule has 0 saturated carbocycles. The molecule has 0 aliphatic rings. The fraction of sp³-hybridized carbons (Fsp3) is 0.188. The first-order chi connectivity index (χ1) is 9.99. The van der Waals surface area contributed by atoms with Gasteiger partial charge in [-0.25, -0.2) is 0 Å². The number of amides is 1. The number of aryl methyl sites for hydroxylation is 1. The first kappa shape index (κ1) is 16.5. The molecule has 0 spiro atoms. The molecule has 0 heterocycles. The van der Waals surface area contributed by atoms with Gasteiger partial charge < -0.3 is 5.32 Å². The van der Waals surface area contributed by atoms with Crippen LogP contribution in [-0.4, -0.2) is 10.7 Å². The molecular formula is C16H14Br2ClNO. The van der Waals surface area contributed by atoms with Crippen molar-refractivity contribution in [1.29, 1.82) is 0 Å². The average molecular weight is 432 g/mol. The second kappa shape index (κ2) is 7.43. The minimum Gasteiger partial charge on any atom is -0.325 e. The van der Waals surface area contributed by atoms with Crippen LogP contribution in [0.3, 0.4) is 0 Å². The van der Waals surface area contributed by atoms with E-state index in [0.29, 0.717) is 10.7 Å². The van der Waals surface area contributed by atoms with Crippen molar-refractivity contribution >= 4 is 55.1 Å². The van der Waals surface area contributed by atoms with Crippen LogP contribution < -0.4 is 5.32 Å². The molecule has 0 aliphatic heterocycles. The maximum Gasteiger partial charge on any atom is 0.239 e. The smallest absolute Gasteiger partial charge is 0.239 e. The summed E-state index contributed by atoms with van der Waals surface area (Å²) in [5, 5.41) is 3.50. The number of hydrogen-bond acceptors (Lipinski definition) is 1. The molecule has 0 radical (unpaired) electrons. The number of hydrogen-bond donors (Lipinski definition) is 1. The Balaban J connectivity index is 2.07. The summed E-state index contributed by atoms with van der Waals surface area (Å²) in [6.45, 7) is 1.92. The van der Waals surface area contributed by atoms with Gasteiger partial charge in [0.2, 0.25) is 5.91 Å². The summed E-state index contributed by atoms with van der Waals surface area (Å²) in [4.78, 5) is 11.8. The molecule has 2 aromatic rings. The maximum absolute atomic E-state index is 12.3. The number of carbonyl (C=O) groups is 1. The normalized spacial score (nSPS) is 13.5. The lowest BCUT2D eigenvalue weighted by atomic mass is 10.1. The number of alkyl halides is 2. The van der Waals surface area contributed by atoms with Gasteiger partial charge in [-0.1, -0.05) is 79.9 Å². The third-order valence-corrected chi connectivity index (χ3v) is 6.18. The van der Waals surface area contributed by atoms with E-state index in [1.165, 1.54) is 0 Å². The molecule has 0 bridgehead atoms. The second-order valence-corrected chi connectivity index (χ2v) is 7.05. The van der Waals surface area contributed by atoms with Crippen molar-refractivity contribution in [3.63, 3.8) is 0 Å². The maximum atomic E-state index is 12.3. The predicted octanol–water partition coefficient (Wildman–Crippen LogP) is 5.49. The zero-order valence-corrected chi connectivity index (χ0v) is 15.2. The number of halogens is 3. The second-order valence-electron chi connectivity index (χ2n) is 4.67. The van der Waals surface area contributed by atoms with Crippen LogP contribution in [0.2, 0.25) is 5.02 Å². The summed E-state index contributed by atoms with van der Waals surface area (Å²) < 4.78 is 0. The van der Waals surface area contributed by atoms with E-state index in [4.69, 9.17) is 11.6 Å². The minimum absolute atomic E-state index is 0.111. The lowest BCUT2D eigenvalue weighted by Crippen LogP contribution is -2.26. The van der Waals surface area contributed by atoms with Gasteiger partial charge in [0, 0.05) is 10.7 Å². The molecule has 0 fully saturated rings. The fourth-order valence-corrected chi connectivity index (χ4v) is 2.97. The van der Waals surface area contributed by atoms with Crippen LogP contribution in [0.5, 0.6) is 0 Å². The molecule has 1 N–H and O–H groups in total. The molecule has 2 rings (SSSR count). The molecule has 2 nitrogen and oxygen atoms in total. The summed E-state index contributed by atoms with van der Waals surface area (Å²) in [7, 11) is 0. The minimum atomic E-state index is -0.389. The highest BCUT2D eigenvalue weighted by atomic mass is 79.9. The molecule has 5 heteroatoms. The van der Waals surface area contributed by atoms with Crippen molar-refractivity contribution in [2.45, 2.75) is 16.6 Å².